The van der Waals surface area contributed by atoms with Crippen LogP contribution in [0.1, 0.15) is 25.5 Å². The molecule has 0 N–H and O–H groups in total. The Balaban J connectivity index is 1.81. The summed E-state index contributed by atoms with van der Waals surface area (Å²) in [5.74, 6) is -1.99. The van der Waals surface area contributed by atoms with Gasteiger partial charge in [0.15, 0.2) is 0 Å². The Morgan fingerprint density at radius 2 is 1.67 bits per heavy atom. The van der Waals surface area contributed by atoms with Crippen molar-refractivity contribution in [3.8, 4) is 0 Å². The van der Waals surface area contributed by atoms with Gasteiger partial charge >= 0.3 is 11.9 Å². The van der Waals surface area contributed by atoms with Crippen molar-refractivity contribution in [3.63, 3.8) is 0 Å². The third kappa shape index (κ3) is 3.40. The topological polar surface area (TPSA) is 65.1 Å². The summed E-state index contributed by atoms with van der Waals surface area (Å²) in [4.78, 5) is 31.9. The highest BCUT2D eigenvalue weighted by Gasteiger charge is 2.79. The number of rotatable bonds is 6. The number of para-hydroxylation sites is 1. The Morgan fingerprint density at radius 1 is 1.03 bits per heavy atom. The smallest absolute Gasteiger partial charge is 0.310 e. The number of carbonyl (C=O) groups excluding carboxylic acids is 2. The van der Waals surface area contributed by atoms with Gasteiger partial charge in [0.05, 0.1) is 48.8 Å². The second-order valence-electron chi connectivity index (χ2n) is 7.46. The number of hydroxylamine groups is 1. The molecule has 6 nitrogen and oxygen atoms in total. The van der Waals surface area contributed by atoms with Gasteiger partial charge in [0.25, 0.3) is 0 Å². The second-order valence-corrected chi connectivity index (χ2v) is 8.38. The van der Waals surface area contributed by atoms with Crippen LogP contribution in [-0.2, 0) is 23.9 Å². The van der Waals surface area contributed by atoms with Crippen molar-refractivity contribution in [2.75, 3.05) is 24.9 Å². The van der Waals surface area contributed by atoms with E-state index in [-0.39, 0.29) is 37.8 Å². The Labute approximate surface area is 184 Å². The first-order chi connectivity index (χ1) is 14.5. The Kier molecular flexibility index (Phi) is 5.84. The molecule has 1 heterocycles. The van der Waals surface area contributed by atoms with Crippen molar-refractivity contribution in [1.82, 2.24) is 0 Å². The lowest BCUT2D eigenvalue weighted by atomic mass is 9.87. The first-order valence-corrected chi connectivity index (χ1v) is 10.9. The van der Waals surface area contributed by atoms with Gasteiger partial charge in [-0.1, -0.05) is 46.3 Å². The summed E-state index contributed by atoms with van der Waals surface area (Å²) in [6, 6.07) is 17.2. The molecule has 1 saturated heterocycles. The van der Waals surface area contributed by atoms with Crippen LogP contribution >= 0.6 is 15.9 Å². The van der Waals surface area contributed by atoms with E-state index in [4.69, 9.17) is 14.3 Å². The number of benzene rings is 2. The van der Waals surface area contributed by atoms with Crippen LogP contribution in [0.5, 0.6) is 0 Å². The van der Waals surface area contributed by atoms with Gasteiger partial charge in [-0.25, -0.2) is 5.06 Å². The van der Waals surface area contributed by atoms with Gasteiger partial charge in [-0.05, 0) is 43.7 Å². The molecule has 1 aliphatic carbocycles. The fourth-order valence-corrected chi connectivity index (χ4v) is 5.04. The van der Waals surface area contributed by atoms with Crippen molar-refractivity contribution >= 4 is 33.6 Å². The van der Waals surface area contributed by atoms with Crippen LogP contribution in [0.4, 0.5) is 5.69 Å². The highest BCUT2D eigenvalue weighted by atomic mass is 79.9. The molecule has 0 bridgehead atoms. The highest BCUT2D eigenvalue weighted by Crippen LogP contribution is 2.70. The quantitative estimate of drug-likeness (QED) is 0.582. The Hall–Kier alpha value is -2.38. The van der Waals surface area contributed by atoms with E-state index in [1.807, 2.05) is 59.7 Å². The minimum absolute atomic E-state index is 0.228. The number of esters is 2. The maximum Gasteiger partial charge on any atom is 0.310 e. The summed E-state index contributed by atoms with van der Waals surface area (Å²) in [5.41, 5.74) is 1.05. The van der Waals surface area contributed by atoms with Crippen molar-refractivity contribution in [3.05, 3.63) is 64.6 Å². The third-order valence-corrected chi connectivity index (χ3v) is 6.33. The lowest BCUT2D eigenvalue weighted by molar-refractivity contribution is -0.150. The molecule has 2 aromatic rings. The van der Waals surface area contributed by atoms with E-state index in [1.165, 1.54) is 0 Å². The molecular formula is C23H24BrNO5. The Bertz CT molecular complexity index is 910. The zero-order valence-corrected chi connectivity index (χ0v) is 18.5. The third-order valence-electron chi connectivity index (χ3n) is 5.84. The SMILES string of the molecule is CCOC(=O)[C@@H]1[C@@H](C(=O)OCC)C12CON(c1ccccc1)[C@H]2c1cccc(Br)c1. The van der Waals surface area contributed by atoms with Gasteiger partial charge in [0.1, 0.15) is 0 Å². The summed E-state index contributed by atoms with van der Waals surface area (Å²) >= 11 is 3.54. The number of hydrogen-bond donors (Lipinski definition) is 0. The lowest BCUT2D eigenvalue weighted by Crippen LogP contribution is -2.28. The van der Waals surface area contributed by atoms with Gasteiger partial charge < -0.3 is 9.47 Å². The summed E-state index contributed by atoms with van der Waals surface area (Å²) in [6.07, 6.45) is 0. The number of anilines is 1. The monoisotopic (exact) mass is 473 g/mol. The number of hydrogen-bond acceptors (Lipinski definition) is 6. The van der Waals surface area contributed by atoms with Gasteiger partial charge in [-0.3, -0.25) is 14.4 Å². The molecule has 2 fully saturated rings. The molecule has 7 heteroatoms. The highest BCUT2D eigenvalue weighted by molar-refractivity contribution is 9.10. The average molecular weight is 474 g/mol. The second kappa shape index (κ2) is 8.40. The Morgan fingerprint density at radius 3 is 2.23 bits per heavy atom. The van der Waals surface area contributed by atoms with Crippen LogP contribution in [0.25, 0.3) is 0 Å². The number of ether oxygens (including phenoxy) is 2. The van der Waals surface area contributed by atoms with E-state index in [1.54, 1.807) is 13.8 Å². The first-order valence-electron chi connectivity index (χ1n) is 10.1. The molecule has 4 rings (SSSR count). The maximum atomic E-state index is 12.9. The molecule has 158 valence electrons. The normalized spacial score (nSPS) is 27.2. The summed E-state index contributed by atoms with van der Waals surface area (Å²) in [5, 5.41) is 1.81. The maximum absolute atomic E-state index is 12.9. The van der Waals surface area contributed by atoms with Gasteiger partial charge in [-0.2, -0.15) is 0 Å². The first kappa shape index (κ1) is 20.9. The molecule has 1 saturated carbocycles. The van der Waals surface area contributed by atoms with Crippen LogP contribution in [0.2, 0.25) is 0 Å². The molecule has 2 aromatic carbocycles. The van der Waals surface area contributed by atoms with E-state index in [9.17, 15) is 9.59 Å². The average Bonchev–Trinajstić information content (AvgIpc) is 3.24. The summed E-state index contributed by atoms with van der Waals surface area (Å²) < 4.78 is 11.6. The minimum atomic E-state index is -0.755. The van der Waals surface area contributed by atoms with Crippen molar-refractivity contribution in [2.24, 2.45) is 17.3 Å². The van der Waals surface area contributed by atoms with Crippen molar-refractivity contribution in [2.45, 2.75) is 19.9 Å². The van der Waals surface area contributed by atoms with E-state index in [2.05, 4.69) is 15.9 Å². The fourth-order valence-electron chi connectivity index (χ4n) is 4.63. The predicted molar refractivity (Wildman–Crippen MR) is 114 cm³/mol. The molecule has 1 aliphatic heterocycles. The zero-order valence-electron chi connectivity index (χ0n) is 16.9. The molecule has 30 heavy (non-hydrogen) atoms. The summed E-state index contributed by atoms with van der Waals surface area (Å²) in [7, 11) is 0. The molecule has 0 radical (unpaired) electrons. The molecular weight excluding hydrogens is 450 g/mol. The van der Waals surface area contributed by atoms with Crippen LogP contribution < -0.4 is 5.06 Å². The minimum Gasteiger partial charge on any atom is -0.466 e. The van der Waals surface area contributed by atoms with Crippen LogP contribution in [0, 0.1) is 17.3 Å². The largest absolute Gasteiger partial charge is 0.466 e. The van der Waals surface area contributed by atoms with E-state index in [0.717, 1.165) is 15.7 Å². The van der Waals surface area contributed by atoms with Gasteiger partial charge in [0, 0.05) is 4.47 Å². The zero-order chi connectivity index (χ0) is 21.3. The van der Waals surface area contributed by atoms with Crippen LogP contribution in [0.15, 0.2) is 59.1 Å². The fraction of sp³-hybridized carbons (Fsp3) is 0.391. The molecule has 1 spiro atoms. The molecule has 0 aromatic heterocycles. The van der Waals surface area contributed by atoms with Gasteiger partial charge in [0.2, 0.25) is 0 Å². The standard InChI is InChI=1S/C23H24BrNO5/c1-3-28-21(26)18-19(22(27)29-4-2)23(18)14-30-25(17-11-6-5-7-12-17)20(23)15-9-8-10-16(24)13-15/h5-13,18-20H,3-4,14H2,1-2H3/t18-,19-,20-/m0/s1. The van der Waals surface area contributed by atoms with Crippen LogP contribution in [-0.4, -0.2) is 31.8 Å². The van der Waals surface area contributed by atoms with Gasteiger partial charge in [-0.15, -0.1) is 0 Å². The molecule has 0 unspecified atom stereocenters. The summed E-state index contributed by atoms with van der Waals surface area (Å²) in [6.45, 7) is 4.27. The molecule has 0 amide bonds. The van der Waals surface area contributed by atoms with E-state index in [0.29, 0.717) is 0 Å². The van der Waals surface area contributed by atoms with E-state index < -0.39 is 17.3 Å². The van der Waals surface area contributed by atoms with Crippen molar-refractivity contribution < 1.29 is 23.9 Å². The lowest BCUT2D eigenvalue weighted by Gasteiger charge is -2.28. The van der Waals surface area contributed by atoms with Crippen LogP contribution in [0.3, 0.4) is 0 Å². The predicted octanol–water partition coefficient (Wildman–Crippen LogP) is 4.30. The van der Waals surface area contributed by atoms with Crippen molar-refractivity contribution in [1.29, 1.82) is 0 Å². The number of nitrogens with zero attached hydrogens (tertiary/aromatic N) is 1. The number of carbonyl (C=O) groups is 2. The number of halogens is 1. The molecule has 2 aliphatic rings. The van der Waals surface area contributed by atoms with E-state index >= 15 is 0 Å². The molecule has 3 atom stereocenters.